The van der Waals surface area contributed by atoms with Crippen molar-refractivity contribution in [2.45, 2.75) is 25.8 Å². The molecule has 4 nitrogen and oxygen atoms in total. The van der Waals surface area contributed by atoms with Crippen LogP contribution in [-0.4, -0.2) is 62.0 Å². The van der Waals surface area contributed by atoms with Crippen LogP contribution in [0.15, 0.2) is 0 Å². The lowest BCUT2D eigenvalue weighted by molar-refractivity contribution is -0.129. The molecule has 1 fully saturated rings. The average Bonchev–Trinajstić information content (AvgIpc) is 2.10. The van der Waals surface area contributed by atoms with Gasteiger partial charge < -0.3 is 10.2 Å². The van der Waals surface area contributed by atoms with Crippen LogP contribution in [0.5, 0.6) is 0 Å². The van der Waals surface area contributed by atoms with Gasteiger partial charge in [-0.05, 0) is 13.0 Å². The Morgan fingerprint density at radius 1 is 1.33 bits per heavy atom. The fraction of sp³-hybridized carbons (Fsp3) is 0.909. The Morgan fingerprint density at radius 2 is 2.00 bits per heavy atom. The topological polar surface area (TPSA) is 35.6 Å². The van der Waals surface area contributed by atoms with Gasteiger partial charge in [0.15, 0.2) is 0 Å². The highest BCUT2D eigenvalue weighted by Gasteiger charge is 2.24. The van der Waals surface area contributed by atoms with Gasteiger partial charge in [-0.3, -0.25) is 9.69 Å². The summed E-state index contributed by atoms with van der Waals surface area (Å²) in [5.41, 5.74) is 0. The number of nitrogens with one attached hydrogen (secondary N) is 1. The summed E-state index contributed by atoms with van der Waals surface area (Å²) in [5.74, 6) is 0.225. The number of carbonyl (C=O) groups is 1. The second-order valence-electron chi connectivity index (χ2n) is 4.39. The molecular formula is C11H23N3O. The van der Waals surface area contributed by atoms with Crippen LogP contribution < -0.4 is 5.32 Å². The summed E-state index contributed by atoms with van der Waals surface area (Å²) in [6.45, 7) is 6.35. The molecule has 0 bridgehead atoms. The van der Waals surface area contributed by atoms with Gasteiger partial charge in [-0.15, -0.1) is 0 Å². The van der Waals surface area contributed by atoms with Crippen molar-refractivity contribution in [2.75, 3.05) is 40.3 Å². The van der Waals surface area contributed by atoms with Gasteiger partial charge >= 0.3 is 0 Å². The van der Waals surface area contributed by atoms with Crippen LogP contribution in [-0.2, 0) is 4.79 Å². The van der Waals surface area contributed by atoms with E-state index in [0.29, 0.717) is 12.5 Å². The molecule has 0 radical (unpaired) electrons. The average molecular weight is 213 g/mol. The molecule has 0 unspecified atom stereocenters. The van der Waals surface area contributed by atoms with Crippen LogP contribution in [0.4, 0.5) is 0 Å². The molecule has 0 aromatic rings. The van der Waals surface area contributed by atoms with Gasteiger partial charge in [-0.2, -0.15) is 0 Å². The van der Waals surface area contributed by atoms with Crippen molar-refractivity contribution in [3.8, 4) is 0 Å². The predicted octanol–water partition coefficient (Wildman–Crippen LogP) is 0.149. The zero-order valence-electron chi connectivity index (χ0n) is 10.1. The lowest BCUT2D eigenvalue weighted by atomic mass is 10.1. The standard InChI is InChI=1S/C11H23N3O/c1-4-6-14(10-8-12-9-10)7-5-11(15)13(2)3/h10,12H,4-9H2,1-3H3. The number of amides is 1. The fourth-order valence-corrected chi connectivity index (χ4v) is 1.76. The van der Waals surface area contributed by atoms with Crippen molar-refractivity contribution in [2.24, 2.45) is 0 Å². The monoisotopic (exact) mass is 213 g/mol. The van der Waals surface area contributed by atoms with E-state index >= 15 is 0 Å². The number of nitrogens with zero attached hydrogens (tertiary/aromatic N) is 2. The normalized spacial score (nSPS) is 16.5. The smallest absolute Gasteiger partial charge is 0.223 e. The van der Waals surface area contributed by atoms with E-state index in [9.17, 15) is 4.79 Å². The van der Waals surface area contributed by atoms with E-state index in [0.717, 1.165) is 32.6 Å². The molecule has 0 atom stereocenters. The summed E-state index contributed by atoms with van der Waals surface area (Å²) < 4.78 is 0. The van der Waals surface area contributed by atoms with E-state index < -0.39 is 0 Å². The Kier molecular flexibility index (Phi) is 5.05. The van der Waals surface area contributed by atoms with E-state index in [1.54, 1.807) is 4.90 Å². The zero-order chi connectivity index (χ0) is 11.3. The Labute approximate surface area is 92.6 Å². The van der Waals surface area contributed by atoms with Gasteiger partial charge in [0.1, 0.15) is 0 Å². The van der Waals surface area contributed by atoms with Crippen LogP contribution in [0.25, 0.3) is 0 Å². The first kappa shape index (κ1) is 12.5. The number of carbonyl (C=O) groups excluding carboxylic acids is 1. The van der Waals surface area contributed by atoms with Gasteiger partial charge in [0, 0.05) is 46.2 Å². The van der Waals surface area contributed by atoms with E-state index in [2.05, 4.69) is 17.1 Å². The highest BCUT2D eigenvalue weighted by Crippen LogP contribution is 2.07. The van der Waals surface area contributed by atoms with Crippen molar-refractivity contribution < 1.29 is 4.79 Å². The zero-order valence-corrected chi connectivity index (χ0v) is 10.1. The molecule has 88 valence electrons. The molecular weight excluding hydrogens is 190 g/mol. The molecule has 4 heteroatoms. The van der Waals surface area contributed by atoms with E-state index in [-0.39, 0.29) is 5.91 Å². The minimum Gasteiger partial charge on any atom is -0.349 e. The first-order valence-electron chi connectivity index (χ1n) is 5.80. The highest BCUT2D eigenvalue weighted by molar-refractivity contribution is 5.75. The fourth-order valence-electron chi connectivity index (χ4n) is 1.76. The molecule has 0 aliphatic carbocycles. The maximum Gasteiger partial charge on any atom is 0.223 e. The van der Waals surface area contributed by atoms with Crippen molar-refractivity contribution in [1.29, 1.82) is 0 Å². The molecule has 1 aliphatic rings. The molecule has 1 aliphatic heterocycles. The molecule has 0 aromatic heterocycles. The first-order valence-corrected chi connectivity index (χ1v) is 5.80. The summed E-state index contributed by atoms with van der Waals surface area (Å²) in [6, 6.07) is 0.653. The van der Waals surface area contributed by atoms with E-state index in [1.807, 2.05) is 14.1 Å². The van der Waals surface area contributed by atoms with Crippen LogP contribution >= 0.6 is 0 Å². The van der Waals surface area contributed by atoms with Gasteiger partial charge in [-0.1, -0.05) is 6.92 Å². The van der Waals surface area contributed by atoms with E-state index in [1.165, 1.54) is 0 Å². The Balaban J connectivity index is 2.27. The molecule has 1 saturated heterocycles. The van der Waals surface area contributed by atoms with Crippen LogP contribution in [0.3, 0.4) is 0 Å². The van der Waals surface area contributed by atoms with Gasteiger partial charge in [0.2, 0.25) is 5.91 Å². The second-order valence-corrected chi connectivity index (χ2v) is 4.39. The Hall–Kier alpha value is -0.610. The lowest BCUT2D eigenvalue weighted by Crippen LogP contribution is -2.57. The molecule has 1 rings (SSSR count). The summed E-state index contributed by atoms with van der Waals surface area (Å²) in [7, 11) is 3.63. The van der Waals surface area contributed by atoms with Crippen LogP contribution in [0.2, 0.25) is 0 Å². The molecule has 1 heterocycles. The largest absolute Gasteiger partial charge is 0.349 e. The maximum absolute atomic E-state index is 11.5. The third-order valence-electron chi connectivity index (χ3n) is 2.90. The number of rotatable bonds is 6. The maximum atomic E-state index is 11.5. The van der Waals surface area contributed by atoms with Crippen molar-refractivity contribution >= 4 is 5.91 Å². The third kappa shape index (κ3) is 3.80. The molecule has 0 saturated carbocycles. The van der Waals surface area contributed by atoms with Crippen molar-refractivity contribution in [3.63, 3.8) is 0 Å². The Bertz CT molecular complexity index is 202. The number of hydrogen-bond acceptors (Lipinski definition) is 3. The molecule has 0 aromatic carbocycles. The van der Waals surface area contributed by atoms with Crippen LogP contribution in [0, 0.1) is 0 Å². The minimum atomic E-state index is 0.225. The SMILES string of the molecule is CCCN(CCC(=O)N(C)C)C1CNC1. The summed E-state index contributed by atoms with van der Waals surface area (Å²) in [5, 5.41) is 3.27. The Morgan fingerprint density at radius 3 is 2.40 bits per heavy atom. The first-order chi connectivity index (χ1) is 7.15. The molecule has 15 heavy (non-hydrogen) atoms. The summed E-state index contributed by atoms with van der Waals surface area (Å²) in [4.78, 5) is 15.6. The number of hydrogen-bond donors (Lipinski definition) is 1. The van der Waals surface area contributed by atoms with Gasteiger partial charge in [0.25, 0.3) is 0 Å². The molecule has 0 spiro atoms. The van der Waals surface area contributed by atoms with E-state index in [4.69, 9.17) is 0 Å². The summed E-state index contributed by atoms with van der Waals surface area (Å²) in [6.07, 6.45) is 1.80. The second kappa shape index (κ2) is 6.08. The quantitative estimate of drug-likeness (QED) is 0.682. The van der Waals surface area contributed by atoms with Gasteiger partial charge in [-0.25, -0.2) is 0 Å². The molecule has 1 amide bonds. The summed E-state index contributed by atoms with van der Waals surface area (Å²) >= 11 is 0. The van der Waals surface area contributed by atoms with Crippen molar-refractivity contribution in [3.05, 3.63) is 0 Å². The van der Waals surface area contributed by atoms with Crippen LogP contribution in [0.1, 0.15) is 19.8 Å². The van der Waals surface area contributed by atoms with Crippen molar-refractivity contribution in [1.82, 2.24) is 15.1 Å². The highest BCUT2D eigenvalue weighted by atomic mass is 16.2. The predicted molar refractivity (Wildman–Crippen MR) is 61.8 cm³/mol. The third-order valence-corrected chi connectivity index (χ3v) is 2.90. The lowest BCUT2D eigenvalue weighted by Gasteiger charge is -2.38. The minimum absolute atomic E-state index is 0.225. The molecule has 1 N–H and O–H groups in total. The van der Waals surface area contributed by atoms with Gasteiger partial charge in [0.05, 0.1) is 0 Å².